The Morgan fingerprint density at radius 1 is 1.18 bits per heavy atom. The molecule has 2 heterocycles. The third-order valence-electron chi connectivity index (χ3n) is 7.17. The summed E-state index contributed by atoms with van der Waals surface area (Å²) < 4.78 is 1.70. The number of carbonyl (C=O) groups is 1. The average molecular weight is 443 g/mol. The topological polar surface area (TPSA) is 98.4 Å². The normalized spacial score (nSPS) is 22.0. The first kappa shape index (κ1) is 21.1. The van der Waals surface area contributed by atoms with Crippen molar-refractivity contribution in [3.8, 4) is 6.07 Å². The molecule has 1 aliphatic carbocycles. The number of rotatable bonds is 5. The Labute approximate surface area is 191 Å². The van der Waals surface area contributed by atoms with E-state index < -0.39 is 5.97 Å². The van der Waals surface area contributed by atoms with Gasteiger partial charge in [0.2, 0.25) is 0 Å². The van der Waals surface area contributed by atoms with E-state index in [1.54, 1.807) is 35.9 Å². The summed E-state index contributed by atoms with van der Waals surface area (Å²) in [6.45, 7) is 5.53. The van der Waals surface area contributed by atoms with Crippen molar-refractivity contribution in [2.45, 2.75) is 19.9 Å². The molecule has 168 valence electrons. The molecule has 2 aromatic carbocycles. The van der Waals surface area contributed by atoms with Gasteiger partial charge in [-0.25, -0.2) is 4.79 Å². The van der Waals surface area contributed by atoms with Crippen LogP contribution in [0.5, 0.6) is 0 Å². The van der Waals surface area contributed by atoms with Crippen molar-refractivity contribution in [1.29, 1.82) is 5.26 Å². The van der Waals surface area contributed by atoms with E-state index in [0.717, 1.165) is 35.4 Å². The molecule has 7 heteroatoms. The second-order valence-electron chi connectivity index (χ2n) is 9.29. The summed E-state index contributed by atoms with van der Waals surface area (Å²) >= 11 is 0. The monoisotopic (exact) mass is 442 g/mol. The largest absolute Gasteiger partial charge is 0.478 e. The molecule has 1 unspecified atom stereocenters. The van der Waals surface area contributed by atoms with Crippen molar-refractivity contribution in [2.75, 3.05) is 23.3 Å². The zero-order valence-corrected chi connectivity index (χ0v) is 18.9. The van der Waals surface area contributed by atoms with Crippen LogP contribution in [0.3, 0.4) is 0 Å². The maximum absolute atomic E-state index is 13.3. The number of nitrogens with zero attached hydrogens (tertiary/aromatic N) is 3. The molecule has 5 rings (SSSR count). The van der Waals surface area contributed by atoms with Gasteiger partial charge in [-0.05, 0) is 66.5 Å². The molecule has 7 nitrogen and oxygen atoms in total. The van der Waals surface area contributed by atoms with Crippen molar-refractivity contribution in [1.82, 2.24) is 4.57 Å². The summed E-state index contributed by atoms with van der Waals surface area (Å²) in [5.74, 6) is 0.812. The zero-order valence-electron chi connectivity index (χ0n) is 18.9. The first-order chi connectivity index (χ1) is 15.8. The van der Waals surface area contributed by atoms with Gasteiger partial charge in [-0.2, -0.15) is 5.26 Å². The highest BCUT2D eigenvalue weighted by molar-refractivity contribution is 5.94. The Balaban J connectivity index is 1.57. The molecule has 2 fully saturated rings. The first-order valence-electron chi connectivity index (χ1n) is 11.2. The van der Waals surface area contributed by atoms with Crippen LogP contribution in [0.25, 0.3) is 10.8 Å². The number of piperidine rings is 1. The number of fused-ring (bicyclic) bond motifs is 2. The predicted octanol–water partition coefficient (Wildman–Crippen LogP) is 3.92. The van der Waals surface area contributed by atoms with Gasteiger partial charge in [0.05, 0.1) is 17.6 Å². The summed E-state index contributed by atoms with van der Waals surface area (Å²) in [6, 6.07) is 15.0. The van der Waals surface area contributed by atoms with Gasteiger partial charge in [0.15, 0.2) is 0 Å². The maximum Gasteiger partial charge on any atom is 0.337 e. The lowest BCUT2D eigenvalue weighted by Crippen LogP contribution is -2.31. The Morgan fingerprint density at radius 2 is 1.88 bits per heavy atom. The molecule has 0 radical (unpaired) electrons. The molecule has 2 N–H and O–H groups in total. The molecule has 1 saturated carbocycles. The van der Waals surface area contributed by atoms with E-state index in [1.165, 1.54) is 0 Å². The SMILES string of the molecule is Cc1cc(C(C)Nc2ccccc2C(=O)O)c2cc(N3C[C@@H]4[C@@H](C#N)[C@@H]4C3)n(C)c(=O)c2c1. The van der Waals surface area contributed by atoms with Crippen LogP contribution in [-0.4, -0.2) is 28.7 Å². The van der Waals surface area contributed by atoms with E-state index in [-0.39, 0.29) is 23.1 Å². The fourth-order valence-corrected chi connectivity index (χ4v) is 5.35. The number of carboxylic acids is 1. The van der Waals surface area contributed by atoms with Gasteiger partial charge in [0.1, 0.15) is 5.82 Å². The van der Waals surface area contributed by atoms with Crippen LogP contribution in [0.1, 0.15) is 34.5 Å². The Bertz CT molecular complexity index is 1370. The summed E-state index contributed by atoms with van der Waals surface area (Å²) in [5.41, 5.74) is 2.62. The number of aromatic carboxylic acids is 1. The number of hydrogen-bond donors (Lipinski definition) is 2. The summed E-state index contributed by atoms with van der Waals surface area (Å²) in [4.78, 5) is 27.2. The van der Waals surface area contributed by atoms with E-state index >= 15 is 0 Å². The fraction of sp³-hybridized carbons (Fsp3) is 0.346. The Kier molecular flexibility index (Phi) is 4.89. The van der Waals surface area contributed by atoms with Crippen molar-refractivity contribution in [3.05, 3.63) is 69.5 Å². The summed E-state index contributed by atoms with van der Waals surface area (Å²) in [7, 11) is 1.80. The third kappa shape index (κ3) is 3.43. The second-order valence-corrected chi connectivity index (χ2v) is 9.29. The van der Waals surface area contributed by atoms with Crippen LogP contribution in [0.2, 0.25) is 0 Å². The third-order valence-corrected chi connectivity index (χ3v) is 7.17. The van der Waals surface area contributed by atoms with Crippen LogP contribution < -0.4 is 15.8 Å². The van der Waals surface area contributed by atoms with Gasteiger partial charge in [-0.3, -0.25) is 9.36 Å². The van der Waals surface area contributed by atoms with Crippen molar-refractivity contribution in [3.63, 3.8) is 0 Å². The minimum atomic E-state index is -0.987. The highest BCUT2D eigenvalue weighted by Crippen LogP contribution is 2.52. The molecule has 0 amide bonds. The Hall–Kier alpha value is -3.79. The molecule has 4 atom stereocenters. The number of carboxylic acid groups (broad SMARTS) is 1. The molecule has 3 aromatic rings. The number of para-hydroxylation sites is 1. The van der Waals surface area contributed by atoms with Gasteiger partial charge in [0, 0.05) is 37.3 Å². The molecule has 1 aromatic heterocycles. The van der Waals surface area contributed by atoms with Crippen LogP contribution >= 0.6 is 0 Å². The van der Waals surface area contributed by atoms with E-state index in [0.29, 0.717) is 22.9 Å². The van der Waals surface area contributed by atoms with Crippen LogP contribution in [0.4, 0.5) is 11.5 Å². The quantitative estimate of drug-likeness (QED) is 0.621. The maximum atomic E-state index is 13.3. The minimum Gasteiger partial charge on any atom is -0.478 e. The van der Waals surface area contributed by atoms with Gasteiger partial charge in [-0.15, -0.1) is 0 Å². The van der Waals surface area contributed by atoms with Crippen LogP contribution in [0.15, 0.2) is 47.3 Å². The second kappa shape index (κ2) is 7.66. The van der Waals surface area contributed by atoms with Gasteiger partial charge in [0.25, 0.3) is 5.56 Å². The lowest BCUT2D eigenvalue weighted by atomic mass is 9.97. The number of hydrogen-bond acceptors (Lipinski definition) is 5. The average Bonchev–Trinajstić information content (AvgIpc) is 3.26. The number of nitriles is 1. The van der Waals surface area contributed by atoms with E-state index in [2.05, 4.69) is 28.4 Å². The molecular formula is C26H26N4O3. The molecule has 33 heavy (non-hydrogen) atoms. The number of aromatic nitrogens is 1. The number of pyridine rings is 1. The van der Waals surface area contributed by atoms with Gasteiger partial charge in [-0.1, -0.05) is 18.2 Å². The summed E-state index contributed by atoms with van der Waals surface area (Å²) in [5, 5.41) is 23.6. The molecule has 0 bridgehead atoms. The molecule has 1 aliphatic heterocycles. The number of anilines is 2. The number of benzene rings is 2. The van der Waals surface area contributed by atoms with Gasteiger partial charge < -0.3 is 15.3 Å². The fourth-order valence-electron chi connectivity index (χ4n) is 5.35. The van der Waals surface area contributed by atoms with E-state index in [1.807, 2.05) is 19.9 Å². The van der Waals surface area contributed by atoms with E-state index in [9.17, 15) is 20.0 Å². The number of nitrogens with one attached hydrogen (secondary N) is 1. The lowest BCUT2D eigenvalue weighted by Gasteiger charge is -2.25. The minimum absolute atomic E-state index is 0.0528. The molecular weight excluding hydrogens is 416 g/mol. The van der Waals surface area contributed by atoms with Crippen molar-refractivity contribution < 1.29 is 9.90 Å². The lowest BCUT2D eigenvalue weighted by molar-refractivity contribution is 0.0698. The predicted molar refractivity (Wildman–Crippen MR) is 128 cm³/mol. The molecule has 2 aliphatic rings. The van der Waals surface area contributed by atoms with Crippen molar-refractivity contribution in [2.24, 2.45) is 24.8 Å². The summed E-state index contributed by atoms with van der Waals surface area (Å²) in [6.07, 6.45) is 0. The van der Waals surface area contributed by atoms with Crippen LogP contribution in [0, 0.1) is 36.0 Å². The van der Waals surface area contributed by atoms with Crippen LogP contribution in [-0.2, 0) is 7.05 Å². The highest BCUT2D eigenvalue weighted by atomic mass is 16.4. The first-order valence-corrected chi connectivity index (χ1v) is 11.2. The zero-order chi connectivity index (χ0) is 23.4. The smallest absolute Gasteiger partial charge is 0.337 e. The standard InChI is InChI=1S/C26H26N4O3/c1-14-8-17(15(2)28-23-7-5-4-6-16(23)26(32)33)18-10-24(29(3)25(31)19(18)9-14)30-12-21-20(11-27)22(21)13-30/h4-10,15,20-22,28H,12-13H2,1-3H3,(H,32,33)/t15?,20-,21-,22+. The van der Waals surface area contributed by atoms with Crippen molar-refractivity contribution >= 4 is 28.2 Å². The Morgan fingerprint density at radius 3 is 2.55 bits per heavy atom. The molecule has 1 saturated heterocycles. The highest BCUT2D eigenvalue weighted by Gasteiger charge is 2.56. The van der Waals surface area contributed by atoms with E-state index in [4.69, 9.17) is 0 Å². The van der Waals surface area contributed by atoms with Gasteiger partial charge >= 0.3 is 5.97 Å². The molecule has 0 spiro atoms. The number of aryl methyl sites for hydroxylation is 1.